The number of hydrogen-bond donors (Lipinski definition) is 2. The van der Waals surface area contributed by atoms with Crippen LogP contribution in [0.1, 0.15) is 16.1 Å². The third kappa shape index (κ3) is 3.14. The lowest BCUT2D eigenvalue weighted by atomic mass is 10.3. The zero-order valence-corrected chi connectivity index (χ0v) is 12.8. The molecule has 0 bridgehead atoms. The molecule has 0 aliphatic rings. The largest absolute Gasteiger partial charge is 0.345 e. The quantitative estimate of drug-likeness (QED) is 0.807. The molecule has 0 fully saturated rings. The summed E-state index contributed by atoms with van der Waals surface area (Å²) < 4.78 is 27.2. The van der Waals surface area contributed by atoms with Gasteiger partial charge in [-0.1, -0.05) is 0 Å². The smallest absolute Gasteiger partial charge is 0.270 e. The van der Waals surface area contributed by atoms with Crippen molar-refractivity contribution in [3.8, 4) is 0 Å². The molecule has 0 saturated heterocycles. The van der Waals surface area contributed by atoms with Crippen molar-refractivity contribution in [2.75, 3.05) is 14.1 Å². The summed E-state index contributed by atoms with van der Waals surface area (Å²) in [5, 5.41) is 6.49. The maximum Gasteiger partial charge on any atom is 0.270 e. The Balaban J connectivity index is 2.23. The molecule has 1 amide bonds. The molecule has 0 aliphatic heterocycles. The fraction of sp³-hybridized carbons (Fsp3) is 0.333. The maximum atomic E-state index is 12.4. The Morgan fingerprint density at radius 2 is 2.24 bits per heavy atom. The van der Waals surface area contributed by atoms with E-state index >= 15 is 0 Å². The Morgan fingerprint density at radius 3 is 2.81 bits per heavy atom. The molecule has 0 aromatic carbocycles. The second kappa shape index (κ2) is 5.70. The van der Waals surface area contributed by atoms with Gasteiger partial charge < -0.3 is 9.47 Å². The van der Waals surface area contributed by atoms with Gasteiger partial charge in [0.1, 0.15) is 10.6 Å². The van der Waals surface area contributed by atoms with E-state index in [2.05, 4.69) is 14.9 Å². The summed E-state index contributed by atoms with van der Waals surface area (Å²) in [4.78, 5) is 13.9. The molecule has 8 nitrogen and oxygen atoms in total. The highest BCUT2D eigenvalue weighted by Crippen LogP contribution is 2.15. The molecule has 114 valence electrons. The minimum Gasteiger partial charge on any atom is -0.345 e. The molecule has 21 heavy (non-hydrogen) atoms. The topological polar surface area (TPSA) is 100 Å². The van der Waals surface area contributed by atoms with Gasteiger partial charge in [-0.05, 0) is 13.1 Å². The molecule has 9 heteroatoms. The van der Waals surface area contributed by atoms with Crippen molar-refractivity contribution >= 4 is 15.9 Å². The number of hydrogen-bond acceptors (Lipinski definition) is 4. The van der Waals surface area contributed by atoms with Crippen molar-refractivity contribution in [1.82, 2.24) is 24.4 Å². The summed E-state index contributed by atoms with van der Waals surface area (Å²) in [6, 6.07) is 1.36. The average molecular weight is 311 g/mol. The Morgan fingerprint density at radius 1 is 1.52 bits per heavy atom. The minimum absolute atomic E-state index is 0.0626. The first kappa shape index (κ1) is 15.3. The van der Waals surface area contributed by atoms with E-state index in [1.54, 1.807) is 26.5 Å². The molecule has 0 atom stereocenters. The second-order valence-corrected chi connectivity index (χ2v) is 6.53. The van der Waals surface area contributed by atoms with Crippen molar-refractivity contribution in [1.29, 1.82) is 0 Å². The molecule has 2 N–H and O–H groups in total. The molecule has 2 aromatic heterocycles. The third-order valence-electron chi connectivity index (χ3n) is 3.10. The molecular formula is C12H17N5O3S. The molecule has 2 heterocycles. The predicted octanol–water partition coefficient (Wildman–Crippen LogP) is -0.0715. The zero-order chi connectivity index (χ0) is 15.6. The lowest BCUT2D eigenvalue weighted by molar-refractivity contribution is 0.0775. The zero-order valence-electron chi connectivity index (χ0n) is 12.0. The van der Waals surface area contributed by atoms with E-state index in [4.69, 9.17) is 0 Å². The van der Waals surface area contributed by atoms with Crippen LogP contribution >= 0.6 is 0 Å². The van der Waals surface area contributed by atoms with Crippen LogP contribution in [0.5, 0.6) is 0 Å². The van der Waals surface area contributed by atoms with Crippen molar-refractivity contribution < 1.29 is 13.2 Å². The van der Waals surface area contributed by atoms with Crippen LogP contribution in [0.3, 0.4) is 0 Å². The van der Waals surface area contributed by atoms with Gasteiger partial charge in [0.15, 0.2) is 0 Å². The highest BCUT2D eigenvalue weighted by atomic mass is 32.2. The van der Waals surface area contributed by atoms with E-state index in [-0.39, 0.29) is 10.8 Å². The molecule has 0 saturated carbocycles. The Kier molecular flexibility index (Phi) is 4.14. The third-order valence-corrected chi connectivity index (χ3v) is 4.48. The summed E-state index contributed by atoms with van der Waals surface area (Å²) in [7, 11) is 1.04. The number of sulfonamides is 1. The molecular weight excluding hydrogens is 294 g/mol. The first-order valence-corrected chi connectivity index (χ1v) is 7.66. The number of aryl methyl sites for hydroxylation is 1. The minimum atomic E-state index is -3.57. The first-order chi connectivity index (χ1) is 9.85. The molecule has 2 aromatic rings. The number of amides is 1. The lowest BCUT2D eigenvalue weighted by Gasteiger charge is -2.16. The monoisotopic (exact) mass is 311 g/mol. The highest BCUT2D eigenvalue weighted by molar-refractivity contribution is 7.89. The van der Waals surface area contributed by atoms with Gasteiger partial charge in [-0.15, -0.1) is 0 Å². The van der Waals surface area contributed by atoms with Crippen LogP contribution in [0, 0.1) is 0 Å². The number of nitrogens with one attached hydrogen (secondary N) is 2. The standard InChI is InChI=1S/C12H17N5O3S/c1-13-21(19,20)10-4-11(16(2)8-10)12(18)17(3)7-9-5-14-15-6-9/h4-6,8,13H,7H2,1-3H3,(H,14,15). The number of H-pyrrole nitrogens is 1. The molecule has 0 unspecified atom stereocenters. The average Bonchev–Trinajstić information content (AvgIpc) is 3.07. The van der Waals surface area contributed by atoms with Gasteiger partial charge in [-0.25, -0.2) is 13.1 Å². The number of rotatable bonds is 5. The fourth-order valence-corrected chi connectivity index (χ4v) is 2.72. The van der Waals surface area contributed by atoms with Gasteiger partial charge in [0.25, 0.3) is 5.91 Å². The Bertz CT molecular complexity index is 733. The van der Waals surface area contributed by atoms with Crippen molar-refractivity contribution in [2.45, 2.75) is 11.4 Å². The second-order valence-electron chi connectivity index (χ2n) is 4.65. The normalized spacial score (nSPS) is 11.6. The number of carbonyl (C=O) groups excluding carboxylic acids is 1. The molecule has 0 radical (unpaired) electrons. The van der Waals surface area contributed by atoms with Gasteiger partial charge in [-0.3, -0.25) is 9.89 Å². The van der Waals surface area contributed by atoms with Gasteiger partial charge in [0, 0.05) is 38.6 Å². The summed E-state index contributed by atoms with van der Waals surface area (Å²) in [6.45, 7) is 0.384. The van der Waals surface area contributed by atoms with Crippen LogP contribution in [-0.2, 0) is 23.6 Å². The van der Waals surface area contributed by atoms with E-state index in [0.717, 1.165) is 5.56 Å². The van der Waals surface area contributed by atoms with Crippen LogP contribution in [0.15, 0.2) is 29.6 Å². The van der Waals surface area contributed by atoms with Crippen molar-refractivity contribution in [2.24, 2.45) is 7.05 Å². The van der Waals surface area contributed by atoms with Gasteiger partial charge in [-0.2, -0.15) is 5.10 Å². The van der Waals surface area contributed by atoms with E-state index in [9.17, 15) is 13.2 Å². The van der Waals surface area contributed by atoms with Crippen molar-refractivity contribution in [3.05, 3.63) is 35.9 Å². The molecule has 0 aliphatic carbocycles. The molecule has 0 spiro atoms. The van der Waals surface area contributed by atoms with Gasteiger partial charge >= 0.3 is 0 Å². The maximum absolute atomic E-state index is 12.4. The van der Waals surface area contributed by atoms with E-state index in [1.807, 2.05) is 0 Å². The van der Waals surface area contributed by atoms with Gasteiger partial charge in [0.2, 0.25) is 10.0 Å². The van der Waals surface area contributed by atoms with Crippen LogP contribution in [-0.4, -0.2) is 48.1 Å². The lowest BCUT2D eigenvalue weighted by Crippen LogP contribution is -2.27. The summed E-state index contributed by atoms with van der Waals surface area (Å²) in [6.07, 6.45) is 4.74. The SMILES string of the molecule is CNS(=O)(=O)c1cc(C(=O)N(C)Cc2cn[nH]c2)n(C)c1. The van der Waals surface area contributed by atoms with Crippen LogP contribution < -0.4 is 4.72 Å². The highest BCUT2D eigenvalue weighted by Gasteiger charge is 2.21. The number of carbonyl (C=O) groups is 1. The van der Waals surface area contributed by atoms with E-state index in [1.165, 1.54) is 28.8 Å². The van der Waals surface area contributed by atoms with E-state index < -0.39 is 10.0 Å². The number of aromatic nitrogens is 3. The fourth-order valence-electron chi connectivity index (χ4n) is 1.92. The number of nitrogens with zero attached hydrogens (tertiary/aromatic N) is 3. The van der Waals surface area contributed by atoms with Gasteiger partial charge in [0.05, 0.1) is 6.20 Å². The first-order valence-electron chi connectivity index (χ1n) is 6.18. The number of aromatic amines is 1. The Hall–Kier alpha value is -2.13. The predicted molar refractivity (Wildman–Crippen MR) is 76.0 cm³/mol. The Labute approximate surface area is 122 Å². The van der Waals surface area contributed by atoms with Crippen LogP contribution in [0.4, 0.5) is 0 Å². The summed E-state index contributed by atoms with van der Waals surface area (Å²) in [5.41, 5.74) is 1.16. The summed E-state index contributed by atoms with van der Waals surface area (Å²) >= 11 is 0. The van der Waals surface area contributed by atoms with Crippen molar-refractivity contribution in [3.63, 3.8) is 0 Å². The van der Waals surface area contributed by atoms with Crippen LogP contribution in [0.25, 0.3) is 0 Å². The molecule has 2 rings (SSSR count). The van der Waals surface area contributed by atoms with Crippen LogP contribution in [0.2, 0.25) is 0 Å². The summed E-state index contributed by atoms with van der Waals surface area (Å²) in [5.74, 6) is -0.267. The van der Waals surface area contributed by atoms with E-state index in [0.29, 0.717) is 12.2 Å².